The lowest BCUT2D eigenvalue weighted by Gasteiger charge is -2.37. The Labute approximate surface area is 216 Å². The number of hydrogen-bond acceptors (Lipinski definition) is 4. The van der Waals surface area contributed by atoms with E-state index in [1.54, 1.807) is 6.92 Å². The number of carbonyl (C=O) groups excluding carboxylic acids is 1. The van der Waals surface area contributed by atoms with Crippen molar-refractivity contribution in [3.8, 4) is 16.9 Å². The Kier molecular flexibility index (Phi) is 9.25. The van der Waals surface area contributed by atoms with E-state index in [0.717, 1.165) is 28.9 Å². The van der Waals surface area contributed by atoms with Crippen LogP contribution in [0.1, 0.15) is 82.3 Å². The molecule has 0 spiro atoms. The summed E-state index contributed by atoms with van der Waals surface area (Å²) < 4.78 is 10.9. The molecule has 0 unspecified atom stereocenters. The molecule has 0 heterocycles. The van der Waals surface area contributed by atoms with Crippen LogP contribution in [0.3, 0.4) is 0 Å². The van der Waals surface area contributed by atoms with Gasteiger partial charge in [-0.25, -0.2) is 4.79 Å². The van der Waals surface area contributed by atoms with Gasteiger partial charge in [0.1, 0.15) is 19.0 Å². The average molecular weight is 491 g/mol. The Bertz CT molecular complexity index is 1010. The maximum absolute atomic E-state index is 11.5. The van der Waals surface area contributed by atoms with Gasteiger partial charge in [0, 0.05) is 11.1 Å². The van der Waals surface area contributed by atoms with Gasteiger partial charge < -0.3 is 14.6 Å². The number of carbonyl (C=O) groups is 1. The highest BCUT2D eigenvalue weighted by Gasteiger charge is 2.30. The third kappa shape index (κ3) is 6.79. The van der Waals surface area contributed by atoms with Crippen LogP contribution in [0.5, 0.6) is 5.75 Å². The molecule has 2 aromatic carbocycles. The molecule has 4 rings (SSSR count). The monoisotopic (exact) mass is 490 g/mol. The zero-order chi connectivity index (χ0) is 25.5. The van der Waals surface area contributed by atoms with Crippen LogP contribution in [0.15, 0.2) is 54.6 Å². The van der Waals surface area contributed by atoms with Gasteiger partial charge in [0.25, 0.3) is 0 Å². The largest absolute Gasteiger partial charge is 0.490 e. The van der Waals surface area contributed by atoms with Crippen LogP contribution in [0, 0.1) is 17.8 Å². The minimum absolute atomic E-state index is 0.108. The molecule has 2 aliphatic carbocycles. The average Bonchev–Trinajstić information content (AvgIpc) is 2.91. The highest BCUT2D eigenvalue weighted by molar-refractivity contribution is 5.86. The fourth-order valence-corrected chi connectivity index (χ4v) is 6.04. The first-order valence-corrected chi connectivity index (χ1v) is 13.7. The summed E-state index contributed by atoms with van der Waals surface area (Å²) in [7, 11) is 0. The third-order valence-electron chi connectivity index (χ3n) is 8.37. The van der Waals surface area contributed by atoms with E-state index in [-0.39, 0.29) is 19.8 Å². The minimum atomic E-state index is -0.424. The van der Waals surface area contributed by atoms with Crippen LogP contribution >= 0.6 is 0 Å². The molecule has 2 saturated carbocycles. The summed E-state index contributed by atoms with van der Waals surface area (Å²) in [5, 5.41) is 9.71. The molecule has 4 heteroatoms. The summed E-state index contributed by atoms with van der Waals surface area (Å²) in [6.07, 6.45) is 11.2. The van der Waals surface area contributed by atoms with E-state index in [4.69, 9.17) is 9.47 Å². The number of rotatable bonds is 9. The third-order valence-corrected chi connectivity index (χ3v) is 8.37. The molecule has 36 heavy (non-hydrogen) atoms. The Hall–Kier alpha value is -2.59. The predicted octanol–water partition coefficient (Wildman–Crippen LogP) is 7.44. The van der Waals surface area contributed by atoms with Gasteiger partial charge in [0.2, 0.25) is 0 Å². The number of ether oxygens (including phenoxy) is 2. The first kappa shape index (κ1) is 26.5. The summed E-state index contributed by atoms with van der Waals surface area (Å²) in [5.74, 6) is 3.72. The van der Waals surface area contributed by atoms with Gasteiger partial charge in [-0.1, -0.05) is 62.7 Å². The highest BCUT2D eigenvalue weighted by Crippen LogP contribution is 2.44. The molecule has 2 fully saturated rings. The summed E-state index contributed by atoms with van der Waals surface area (Å²) in [4.78, 5) is 11.5. The van der Waals surface area contributed by atoms with Crippen molar-refractivity contribution in [1.29, 1.82) is 0 Å². The van der Waals surface area contributed by atoms with E-state index in [1.165, 1.54) is 56.9 Å². The van der Waals surface area contributed by atoms with Crippen molar-refractivity contribution < 1.29 is 19.4 Å². The molecule has 0 aromatic heterocycles. The molecule has 0 amide bonds. The van der Waals surface area contributed by atoms with Crippen molar-refractivity contribution in [1.82, 2.24) is 0 Å². The van der Waals surface area contributed by atoms with Crippen molar-refractivity contribution in [3.05, 3.63) is 65.7 Å². The molecule has 0 atom stereocenters. The SMILES string of the molecule is C=C(C)C(=O)OCCOc1cc(-c2ccc(C3CCC(C4CCC(C)CC4)CC3)cc2)ccc1CO. The Morgan fingerprint density at radius 3 is 2.11 bits per heavy atom. The first-order valence-electron chi connectivity index (χ1n) is 13.7. The van der Waals surface area contributed by atoms with E-state index in [9.17, 15) is 9.90 Å². The van der Waals surface area contributed by atoms with E-state index >= 15 is 0 Å². The quantitative estimate of drug-likeness (QED) is 0.225. The maximum atomic E-state index is 11.5. The molecule has 4 nitrogen and oxygen atoms in total. The zero-order valence-corrected chi connectivity index (χ0v) is 22.0. The molecule has 0 aliphatic heterocycles. The minimum Gasteiger partial charge on any atom is -0.490 e. The van der Waals surface area contributed by atoms with Gasteiger partial charge in [0.05, 0.1) is 6.61 Å². The summed E-state index contributed by atoms with van der Waals surface area (Å²) >= 11 is 0. The van der Waals surface area contributed by atoms with Gasteiger partial charge >= 0.3 is 5.97 Å². The smallest absolute Gasteiger partial charge is 0.333 e. The predicted molar refractivity (Wildman–Crippen MR) is 145 cm³/mol. The molecule has 2 aliphatic rings. The molecule has 194 valence electrons. The number of benzene rings is 2. The van der Waals surface area contributed by atoms with E-state index in [1.807, 2.05) is 18.2 Å². The number of aliphatic hydroxyl groups is 1. The lowest BCUT2D eigenvalue weighted by Crippen LogP contribution is -2.24. The van der Waals surface area contributed by atoms with Crippen LogP contribution in [0.4, 0.5) is 0 Å². The lowest BCUT2D eigenvalue weighted by molar-refractivity contribution is -0.139. The first-order chi connectivity index (χ1) is 17.4. The van der Waals surface area contributed by atoms with Gasteiger partial charge in [-0.3, -0.25) is 0 Å². The number of esters is 1. The van der Waals surface area contributed by atoms with Crippen LogP contribution < -0.4 is 4.74 Å². The lowest BCUT2D eigenvalue weighted by atomic mass is 9.68. The molecule has 2 aromatic rings. The van der Waals surface area contributed by atoms with Crippen molar-refractivity contribution in [3.63, 3.8) is 0 Å². The van der Waals surface area contributed by atoms with Crippen molar-refractivity contribution >= 4 is 5.97 Å². The van der Waals surface area contributed by atoms with E-state index < -0.39 is 5.97 Å². The number of hydrogen-bond donors (Lipinski definition) is 1. The van der Waals surface area contributed by atoms with Crippen molar-refractivity contribution in [2.24, 2.45) is 17.8 Å². The second kappa shape index (κ2) is 12.6. The van der Waals surface area contributed by atoms with Crippen LogP contribution in [0.25, 0.3) is 11.1 Å². The molecule has 0 saturated heterocycles. The Morgan fingerprint density at radius 2 is 1.50 bits per heavy atom. The molecule has 0 radical (unpaired) electrons. The van der Waals surface area contributed by atoms with Crippen LogP contribution in [-0.2, 0) is 16.1 Å². The normalized spacial score (nSPS) is 24.2. The molecule has 1 N–H and O–H groups in total. The van der Waals surface area contributed by atoms with Crippen LogP contribution in [-0.4, -0.2) is 24.3 Å². The van der Waals surface area contributed by atoms with Gasteiger partial charge in [-0.15, -0.1) is 0 Å². The second-order valence-corrected chi connectivity index (χ2v) is 11.0. The standard InChI is InChI=1S/C32H42O4/c1-22(2)32(34)36-19-18-35-31-20-29(16-17-30(31)21-33)28-14-12-27(13-15-28)26-10-8-25(9-11-26)24-6-4-23(3)5-7-24/h12-17,20,23-26,33H,1,4-11,18-19,21H2,2-3H3. The fourth-order valence-electron chi connectivity index (χ4n) is 6.04. The zero-order valence-electron chi connectivity index (χ0n) is 22.0. The van der Waals surface area contributed by atoms with Crippen molar-refractivity contribution in [2.75, 3.05) is 13.2 Å². The topological polar surface area (TPSA) is 55.8 Å². The molecule has 0 bridgehead atoms. The van der Waals surface area contributed by atoms with Gasteiger partial charge in [-0.05, 0) is 91.9 Å². The Morgan fingerprint density at radius 1 is 0.889 bits per heavy atom. The fraction of sp³-hybridized carbons (Fsp3) is 0.531. The van der Waals surface area contributed by atoms with E-state index in [2.05, 4.69) is 37.8 Å². The van der Waals surface area contributed by atoms with Gasteiger partial charge in [-0.2, -0.15) is 0 Å². The second-order valence-electron chi connectivity index (χ2n) is 11.0. The summed E-state index contributed by atoms with van der Waals surface area (Å²) in [6, 6.07) is 14.9. The van der Waals surface area contributed by atoms with E-state index in [0.29, 0.717) is 22.8 Å². The number of aliphatic hydroxyl groups excluding tert-OH is 1. The summed E-state index contributed by atoms with van der Waals surface area (Å²) in [6.45, 7) is 7.85. The van der Waals surface area contributed by atoms with Gasteiger partial charge in [0.15, 0.2) is 0 Å². The summed E-state index contributed by atoms with van der Waals surface area (Å²) in [5.41, 5.74) is 4.71. The Balaban J connectivity index is 1.33. The molecular weight excluding hydrogens is 448 g/mol. The molecular formula is C32H42O4. The van der Waals surface area contributed by atoms with Crippen LogP contribution in [0.2, 0.25) is 0 Å². The van der Waals surface area contributed by atoms with Crippen molar-refractivity contribution in [2.45, 2.75) is 77.7 Å². The highest BCUT2D eigenvalue weighted by atomic mass is 16.6. The maximum Gasteiger partial charge on any atom is 0.333 e.